The Bertz CT molecular complexity index is 1760. The quantitative estimate of drug-likeness (QED) is 0.189. The summed E-state index contributed by atoms with van der Waals surface area (Å²) in [5.41, 5.74) is 5.61. The molecule has 0 atom stereocenters. The second kappa shape index (κ2) is 12.4. The van der Waals surface area contributed by atoms with Crippen LogP contribution in [0.1, 0.15) is 31.8 Å². The number of ketones is 1. The third kappa shape index (κ3) is 6.18. The van der Waals surface area contributed by atoms with Gasteiger partial charge in [0.15, 0.2) is 5.78 Å². The molecule has 3 N–H and O–H groups in total. The molecule has 0 aromatic heterocycles. The molecule has 0 unspecified atom stereocenters. The first kappa shape index (κ1) is 28.7. The molecule has 0 saturated carbocycles. The summed E-state index contributed by atoms with van der Waals surface area (Å²) >= 11 is 0. The van der Waals surface area contributed by atoms with Gasteiger partial charge in [-0.25, -0.2) is 0 Å². The normalized spacial score (nSPS) is 15.5. The van der Waals surface area contributed by atoms with Crippen molar-refractivity contribution < 1.29 is 19.1 Å². The average molecular weight is 588 g/mol. The second-order valence-corrected chi connectivity index (χ2v) is 10.9. The number of carbonyl (C=O) groups excluding carboxylic acids is 3. The molecule has 2 aliphatic rings. The molecule has 4 aromatic rings. The van der Waals surface area contributed by atoms with E-state index in [0.717, 1.165) is 31.9 Å². The molecular weight excluding hydrogens is 554 g/mol. The van der Waals surface area contributed by atoms with Gasteiger partial charge >= 0.3 is 0 Å². The van der Waals surface area contributed by atoms with Gasteiger partial charge in [0.1, 0.15) is 5.75 Å². The highest BCUT2D eigenvalue weighted by molar-refractivity contribution is 6.32. The molecule has 0 aliphatic carbocycles. The Balaban J connectivity index is 1.13. The van der Waals surface area contributed by atoms with Crippen LogP contribution >= 0.6 is 0 Å². The number of piperazine rings is 1. The predicted molar refractivity (Wildman–Crippen MR) is 174 cm³/mol. The molecule has 9 nitrogen and oxygen atoms in total. The van der Waals surface area contributed by atoms with Gasteiger partial charge in [0.2, 0.25) is 0 Å². The minimum absolute atomic E-state index is 0.226. The standard InChI is InChI=1S/C35H33N5O4/c1-39-15-17-40(18-16-39)28-12-10-26(11-13-28)36-22-31-30-14-9-24(21-32(30)38-35(31)43)33(41)23-5-3-7-27(19-23)37-34(42)25-6-4-8-29(20-25)44-2/h3-14,19-22,36H,15-18H2,1-2H3,(H,37,42)(H,38,43). The monoisotopic (exact) mass is 587 g/mol. The van der Waals surface area contributed by atoms with Crippen LogP contribution in [0.3, 0.4) is 0 Å². The number of carbonyl (C=O) groups is 3. The van der Waals surface area contributed by atoms with E-state index in [0.29, 0.717) is 45.0 Å². The molecule has 2 aliphatic heterocycles. The van der Waals surface area contributed by atoms with E-state index < -0.39 is 0 Å². The molecule has 2 amide bonds. The first-order valence-corrected chi connectivity index (χ1v) is 14.4. The molecule has 1 saturated heterocycles. The highest BCUT2D eigenvalue weighted by atomic mass is 16.5. The second-order valence-electron chi connectivity index (χ2n) is 10.9. The fourth-order valence-electron chi connectivity index (χ4n) is 5.34. The van der Waals surface area contributed by atoms with Gasteiger partial charge in [-0.1, -0.05) is 30.3 Å². The third-order valence-electron chi connectivity index (χ3n) is 7.90. The lowest BCUT2D eigenvalue weighted by Gasteiger charge is -2.34. The number of likely N-dealkylation sites (N-methyl/N-ethyl adjacent to an activating group) is 1. The van der Waals surface area contributed by atoms with E-state index in [1.807, 2.05) is 12.1 Å². The summed E-state index contributed by atoms with van der Waals surface area (Å²) in [6.07, 6.45) is 1.70. The number of hydrogen-bond donors (Lipinski definition) is 3. The lowest BCUT2D eigenvalue weighted by Crippen LogP contribution is -2.44. The summed E-state index contributed by atoms with van der Waals surface area (Å²) in [7, 11) is 3.68. The maximum Gasteiger partial charge on any atom is 0.257 e. The summed E-state index contributed by atoms with van der Waals surface area (Å²) < 4.78 is 5.20. The fourth-order valence-corrected chi connectivity index (χ4v) is 5.34. The highest BCUT2D eigenvalue weighted by Crippen LogP contribution is 2.33. The van der Waals surface area contributed by atoms with E-state index in [-0.39, 0.29) is 17.6 Å². The van der Waals surface area contributed by atoms with Crippen molar-refractivity contribution in [3.63, 3.8) is 0 Å². The number of hydrogen-bond acceptors (Lipinski definition) is 7. The predicted octanol–water partition coefficient (Wildman–Crippen LogP) is 5.34. The number of amides is 2. The third-order valence-corrected chi connectivity index (χ3v) is 7.90. The summed E-state index contributed by atoms with van der Waals surface area (Å²) in [6, 6.07) is 27.0. The van der Waals surface area contributed by atoms with Crippen molar-refractivity contribution in [1.29, 1.82) is 0 Å². The van der Waals surface area contributed by atoms with Gasteiger partial charge in [0, 0.05) is 77.4 Å². The van der Waals surface area contributed by atoms with E-state index in [9.17, 15) is 14.4 Å². The Hall–Kier alpha value is -5.41. The fraction of sp³-hybridized carbons (Fsp3) is 0.171. The molecule has 0 bridgehead atoms. The SMILES string of the molecule is COc1cccc(C(=O)Nc2cccc(C(=O)c3ccc4c(c3)NC(=O)C4=CNc3ccc(N4CCN(C)CC4)cc3)c2)c1. The van der Waals surface area contributed by atoms with Gasteiger partial charge in [-0.3, -0.25) is 14.4 Å². The lowest BCUT2D eigenvalue weighted by molar-refractivity contribution is -0.110. The van der Waals surface area contributed by atoms with Crippen molar-refractivity contribution >= 4 is 45.9 Å². The maximum absolute atomic E-state index is 13.4. The summed E-state index contributed by atoms with van der Waals surface area (Å²) in [5.74, 6) is -0.203. The number of benzene rings is 4. The Labute approximate surface area is 256 Å². The van der Waals surface area contributed by atoms with Crippen LogP contribution < -0.4 is 25.6 Å². The molecule has 0 radical (unpaired) electrons. The maximum atomic E-state index is 13.4. The van der Waals surface area contributed by atoms with Crippen molar-refractivity contribution in [2.75, 3.05) is 61.2 Å². The number of nitrogens with one attached hydrogen (secondary N) is 3. The number of rotatable bonds is 8. The number of nitrogens with zero attached hydrogens (tertiary/aromatic N) is 2. The van der Waals surface area contributed by atoms with Crippen molar-refractivity contribution in [2.24, 2.45) is 0 Å². The van der Waals surface area contributed by atoms with Crippen molar-refractivity contribution in [3.05, 3.63) is 119 Å². The summed E-state index contributed by atoms with van der Waals surface area (Å²) in [6.45, 7) is 4.09. The number of anilines is 4. The molecule has 2 heterocycles. The van der Waals surface area contributed by atoms with Crippen LogP contribution in [0.25, 0.3) is 5.57 Å². The lowest BCUT2D eigenvalue weighted by atomic mass is 9.99. The van der Waals surface area contributed by atoms with Gasteiger partial charge in [0.05, 0.1) is 12.7 Å². The van der Waals surface area contributed by atoms with Gasteiger partial charge in [-0.15, -0.1) is 0 Å². The molecular formula is C35H33N5O4. The summed E-state index contributed by atoms with van der Waals surface area (Å²) in [5, 5.41) is 8.95. The van der Waals surface area contributed by atoms with Gasteiger partial charge in [-0.2, -0.15) is 0 Å². The van der Waals surface area contributed by atoms with Crippen LogP contribution in [0.5, 0.6) is 5.75 Å². The number of fused-ring (bicyclic) bond motifs is 1. The van der Waals surface area contributed by atoms with E-state index >= 15 is 0 Å². The van der Waals surface area contributed by atoms with Crippen LogP contribution in [0, 0.1) is 0 Å². The molecule has 1 fully saturated rings. The summed E-state index contributed by atoms with van der Waals surface area (Å²) in [4.78, 5) is 43.7. The zero-order valence-corrected chi connectivity index (χ0v) is 24.6. The molecule has 6 rings (SSSR count). The van der Waals surface area contributed by atoms with E-state index in [4.69, 9.17) is 4.74 Å². The van der Waals surface area contributed by atoms with Crippen LogP contribution in [-0.4, -0.2) is 62.8 Å². The minimum Gasteiger partial charge on any atom is -0.497 e. The van der Waals surface area contributed by atoms with Gasteiger partial charge < -0.3 is 30.5 Å². The average Bonchev–Trinajstić information content (AvgIpc) is 3.38. The Morgan fingerprint density at radius 1 is 0.818 bits per heavy atom. The largest absolute Gasteiger partial charge is 0.497 e. The topological polar surface area (TPSA) is 103 Å². The number of ether oxygens (including phenoxy) is 1. The molecule has 4 aromatic carbocycles. The smallest absolute Gasteiger partial charge is 0.257 e. The van der Waals surface area contributed by atoms with E-state index in [1.165, 1.54) is 5.69 Å². The zero-order chi connectivity index (χ0) is 30.6. The molecule has 44 heavy (non-hydrogen) atoms. The van der Waals surface area contributed by atoms with E-state index in [1.54, 1.807) is 80.0 Å². The first-order valence-electron chi connectivity index (χ1n) is 14.4. The Kier molecular flexibility index (Phi) is 8.12. The number of methoxy groups -OCH3 is 1. The van der Waals surface area contributed by atoms with Crippen LogP contribution in [0.4, 0.5) is 22.7 Å². The molecule has 9 heteroatoms. The molecule has 222 valence electrons. The Morgan fingerprint density at radius 3 is 2.32 bits per heavy atom. The van der Waals surface area contributed by atoms with Crippen molar-refractivity contribution in [1.82, 2.24) is 4.90 Å². The zero-order valence-electron chi connectivity index (χ0n) is 24.6. The minimum atomic E-state index is -0.312. The highest BCUT2D eigenvalue weighted by Gasteiger charge is 2.25. The van der Waals surface area contributed by atoms with E-state index in [2.05, 4.69) is 44.9 Å². The van der Waals surface area contributed by atoms with Crippen LogP contribution in [0.15, 0.2) is 97.2 Å². The van der Waals surface area contributed by atoms with Crippen LogP contribution in [-0.2, 0) is 4.79 Å². The first-order chi connectivity index (χ1) is 21.4. The van der Waals surface area contributed by atoms with Gasteiger partial charge in [-0.05, 0) is 67.7 Å². The molecule has 0 spiro atoms. The van der Waals surface area contributed by atoms with Crippen LogP contribution in [0.2, 0.25) is 0 Å². The van der Waals surface area contributed by atoms with Gasteiger partial charge in [0.25, 0.3) is 11.8 Å². The van der Waals surface area contributed by atoms with Crippen molar-refractivity contribution in [3.8, 4) is 5.75 Å². The Morgan fingerprint density at radius 2 is 1.55 bits per heavy atom. The van der Waals surface area contributed by atoms with Crippen molar-refractivity contribution in [2.45, 2.75) is 0 Å².